The molecule has 1 amide bonds. The van der Waals surface area contributed by atoms with E-state index in [1.54, 1.807) is 18.3 Å². The van der Waals surface area contributed by atoms with Crippen LogP contribution in [0.3, 0.4) is 0 Å². The molecule has 138 valence electrons. The molecule has 0 fully saturated rings. The number of ether oxygens (including phenoxy) is 2. The zero-order valence-corrected chi connectivity index (χ0v) is 14.6. The minimum Gasteiger partial charge on any atom is -0.491 e. The van der Waals surface area contributed by atoms with Crippen molar-refractivity contribution >= 4 is 18.1 Å². The second-order valence-electron chi connectivity index (χ2n) is 5.42. The topological polar surface area (TPSA) is 97.2 Å². The van der Waals surface area contributed by atoms with Crippen LogP contribution in [0.2, 0.25) is 0 Å². The van der Waals surface area contributed by atoms with Gasteiger partial charge in [-0.05, 0) is 42.7 Å². The van der Waals surface area contributed by atoms with Gasteiger partial charge in [0.15, 0.2) is 0 Å². The summed E-state index contributed by atoms with van der Waals surface area (Å²) in [5, 5.41) is 12.6. The van der Waals surface area contributed by atoms with Gasteiger partial charge in [0.25, 0.3) is 0 Å². The molecule has 0 bridgehead atoms. The zero-order valence-electron chi connectivity index (χ0n) is 14.6. The number of methoxy groups -OCH3 is 1. The summed E-state index contributed by atoms with van der Waals surface area (Å²) in [4.78, 5) is 22.6. The Bertz CT molecular complexity index is 543. The van der Waals surface area contributed by atoms with E-state index in [9.17, 15) is 9.59 Å². The van der Waals surface area contributed by atoms with E-state index >= 15 is 0 Å². The summed E-state index contributed by atoms with van der Waals surface area (Å²) in [6, 6.07) is 7.16. The Kier molecular flexibility index (Phi) is 10.7. The average Bonchev–Trinajstić information content (AvgIpc) is 2.63. The number of carbonyl (C=O) groups excluding carboxylic acids is 2. The highest BCUT2D eigenvalue weighted by molar-refractivity contribution is 5.82. The zero-order chi connectivity index (χ0) is 18.3. The molecule has 1 rings (SSSR count). The monoisotopic (exact) mass is 350 g/mol. The van der Waals surface area contributed by atoms with Gasteiger partial charge in [0.2, 0.25) is 5.91 Å². The highest BCUT2D eigenvalue weighted by Crippen LogP contribution is 2.10. The van der Waals surface area contributed by atoms with Crippen molar-refractivity contribution in [1.29, 1.82) is 0 Å². The Morgan fingerprint density at radius 1 is 1.12 bits per heavy atom. The smallest absolute Gasteiger partial charge is 0.305 e. The van der Waals surface area contributed by atoms with Crippen LogP contribution in [-0.4, -0.2) is 43.5 Å². The minimum absolute atomic E-state index is 0.0273. The second kappa shape index (κ2) is 12.9. The van der Waals surface area contributed by atoms with E-state index in [0.29, 0.717) is 18.6 Å². The van der Waals surface area contributed by atoms with Crippen molar-refractivity contribution in [3.63, 3.8) is 0 Å². The Hall–Kier alpha value is -2.41. The molecule has 1 aromatic rings. The Balaban J connectivity index is 2.14. The largest absolute Gasteiger partial charge is 0.491 e. The SMILES string of the molecule is COC(=O)CCCCCCC(=O)N/N=C/c1ccc(OCCO)cc1. The summed E-state index contributed by atoms with van der Waals surface area (Å²) in [6.45, 7) is 0.229. The molecule has 0 unspecified atom stereocenters. The fourth-order valence-electron chi connectivity index (χ4n) is 2.06. The summed E-state index contributed by atoms with van der Waals surface area (Å²) in [5.41, 5.74) is 3.32. The van der Waals surface area contributed by atoms with Crippen LogP contribution >= 0.6 is 0 Å². The number of hydrazone groups is 1. The van der Waals surface area contributed by atoms with E-state index in [-0.39, 0.29) is 25.1 Å². The van der Waals surface area contributed by atoms with E-state index in [1.807, 2.05) is 12.1 Å². The predicted molar refractivity (Wildman–Crippen MR) is 94.5 cm³/mol. The summed E-state index contributed by atoms with van der Waals surface area (Å²) in [6.07, 6.45) is 5.73. The molecule has 0 spiro atoms. The Labute approximate surface area is 148 Å². The highest BCUT2D eigenvalue weighted by Gasteiger charge is 2.02. The molecule has 0 radical (unpaired) electrons. The molecule has 0 aliphatic rings. The average molecular weight is 350 g/mol. The van der Waals surface area contributed by atoms with Gasteiger partial charge in [-0.1, -0.05) is 12.8 Å². The van der Waals surface area contributed by atoms with E-state index in [2.05, 4.69) is 15.3 Å². The molecule has 1 aromatic carbocycles. The lowest BCUT2D eigenvalue weighted by Gasteiger charge is -2.03. The molecule has 0 heterocycles. The molecule has 7 nitrogen and oxygen atoms in total. The number of hydrogen-bond acceptors (Lipinski definition) is 6. The number of nitrogens with one attached hydrogen (secondary N) is 1. The van der Waals surface area contributed by atoms with Crippen molar-refractivity contribution in [3.8, 4) is 5.75 Å². The lowest BCUT2D eigenvalue weighted by Crippen LogP contribution is -2.16. The summed E-state index contributed by atoms with van der Waals surface area (Å²) in [5.74, 6) is 0.342. The third-order valence-corrected chi connectivity index (χ3v) is 3.41. The second-order valence-corrected chi connectivity index (χ2v) is 5.42. The lowest BCUT2D eigenvalue weighted by atomic mass is 10.1. The van der Waals surface area contributed by atoms with E-state index in [4.69, 9.17) is 9.84 Å². The van der Waals surface area contributed by atoms with Crippen LogP contribution in [0.1, 0.15) is 44.1 Å². The molecule has 0 aromatic heterocycles. The van der Waals surface area contributed by atoms with E-state index in [0.717, 1.165) is 31.2 Å². The van der Waals surface area contributed by atoms with Gasteiger partial charge in [0, 0.05) is 12.8 Å². The van der Waals surface area contributed by atoms with Crippen LogP contribution in [0.4, 0.5) is 0 Å². The first kappa shape index (κ1) is 20.6. The molecule has 7 heteroatoms. The number of nitrogens with zero attached hydrogens (tertiary/aromatic N) is 1. The van der Waals surface area contributed by atoms with Crippen LogP contribution in [0, 0.1) is 0 Å². The van der Waals surface area contributed by atoms with Gasteiger partial charge >= 0.3 is 5.97 Å². The van der Waals surface area contributed by atoms with Gasteiger partial charge in [-0.25, -0.2) is 5.43 Å². The number of carbonyl (C=O) groups is 2. The Morgan fingerprint density at radius 2 is 1.80 bits per heavy atom. The van der Waals surface area contributed by atoms with Gasteiger partial charge in [-0.2, -0.15) is 5.10 Å². The Morgan fingerprint density at radius 3 is 2.44 bits per heavy atom. The van der Waals surface area contributed by atoms with Crippen LogP contribution in [0.15, 0.2) is 29.4 Å². The molecule has 0 aliphatic heterocycles. The van der Waals surface area contributed by atoms with Crippen molar-refractivity contribution in [2.75, 3.05) is 20.3 Å². The molecule has 0 saturated carbocycles. The van der Waals surface area contributed by atoms with Crippen molar-refractivity contribution in [2.24, 2.45) is 5.10 Å². The standard InChI is InChI=1S/C18H26N2O5/c1-24-18(23)7-5-3-2-4-6-17(22)20-19-14-15-8-10-16(11-9-15)25-13-12-21/h8-11,14,21H,2-7,12-13H2,1H3,(H,20,22)/b19-14+. The van der Waals surface area contributed by atoms with Crippen LogP contribution in [-0.2, 0) is 14.3 Å². The molecule has 0 atom stereocenters. The molecule has 0 aliphatic carbocycles. The van der Waals surface area contributed by atoms with Crippen molar-refractivity contribution < 1.29 is 24.2 Å². The van der Waals surface area contributed by atoms with E-state index < -0.39 is 0 Å². The summed E-state index contributed by atoms with van der Waals surface area (Å²) < 4.78 is 9.82. The third-order valence-electron chi connectivity index (χ3n) is 3.41. The highest BCUT2D eigenvalue weighted by atomic mass is 16.5. The number of rotatable bonds is 12. The number of benzene rings is 1. The first-order valence-corrected chi connectivity index (χ1v) is 8.38. The van der Waals surface area contributed by atoms with Crippen molar-refractivity contribution in [3.05, 3.63) is 29.8 Å². The van der Waals surface area contributed by atoms with Crippen LogP contribution in [0.25, 0.3) is 0 Å². The normalized spacial score (nSPS) is 10.6. The molecule has 2 N–H and O–H groups in total. The maximum absolute atomic E-state index is 11.7. The molecular formula is C18H26N2O5. The van der Waals surface area contributed by atoms with E-state index in [1.165, 1.54) is 7.11 Å². The summed E-state index contributed by atoms with van der Waals surface area (Å²) >= 11 is 0. The van der Waals surface area contributed by atoms with Crippen LogP contribution in [0.5, 0.6) is 5.75 Å². The minimum atomic E-state index is -0.194. The van der Waals surface area contributed by atoms with Gasteiger partial charge in [-0.15, -0.1) is 0 Å². The molecular weight excluding hydrogens is 324 g/mol. The van der Waals surface area contributed by atoms with Gasteiger partial charge < -0.3 is 14.6 Å². The fourth-order valence-corrected chi connectivity index (χ4v) is 2.06. The quantitative estimate of drug-likeness (QED) is 0.260. The first-order valence-electron chi connectivity index (χ1n) is 8.38. The number of esters is 1. The number of aliphatic hydroxyl groups is 1. The van der Waals surface area contributed by atoms with Crippen LogP contribution < -0.4 is 10.2 Å². The predicted octanol–water partition coefficient (Wildman–Crippen LogP) is 2.02. The fraction of sp³-hybridized carbons (Fsp3) is 0.500. The van der Waals surface area contributed by atoms with Gasteiger partial charge in [0.05, 0.1) is 19.9 Å². The summed E-state index contributed by atoms with van der Waals surface area (Å²) in [7, 11) is 1.38. The third kappa shape index (κ3) is 10.1. The van der Waals surface area contributed by atoms with Gasteiger partial charge in [-0.3, -0.25) is 9.59 Å². The van der Waals surface area contributed by atoms with Gasteiger partial charge in [0.1, 0.15) is 12.4 Å². The molecule has 0 saturated heterocycles. The first-order chi connectivity index (χ1) is 12.2. The molecule has 25 heavy (non-hydrogen) atoms. The number of unbranched alkanes of at least 4 members (excludes halogenated alkanes) is 3. The lowest BCUT2D eigenvalue weighted by molar-refractivity contribution is -0.140. The van der Waals surface area contributed by atoms with Crippen molar-refractivity contribution in [2.45, 2.75) is 38.5 Å². The number of hydrogen-bond donors (Lipinski definition) is 2. The van der Waals surface area contributed by atoms with Crippen molar-refractivity contribution in [1.82, 2.24) is 5.43 Å². The number of amides is 1. The number of aliphatic hydroxyl groups excluding tert-OH is 1. The maximum Gasteiger partial charge on any atom is 0.305 e. The maximum atomic E-state index is 11.7.